The predicted molar refractivity (Wildman–Crippen MR) is 211 cm³/mol. The smallest absolute Gasteiger partial charge is 0.0991 e. The zero-order chi connectivity index (χ0) is 34.3. The Labute approximate surface area is 298 Å². The first-order valence-corrected chi connectivity index (χ1v) is 17.8. The van der Waals surface area contributed by atoms with Gasteiger partial charge in [-0.15, -0.1) is 0 Å². The summed E-state index contributed by atoms with van der Waals surface area (Å²) in [6.45, 7) is 4.45. The molecule has 2 nitrogen and oxygen atoms in total. The van der Waals surface area contributed by atoms with Crippen molar-refractivity contribution in [3.63, 3.8) is 0 Å². The summed E-state index contributed by atoms with van der Waals surface area (Å²) < 4.78 is 0. The second kappa shape index (κ2) is 11.0. The van der Waals surface area contributed by atoms with E-state index in [2.05, 4.69) is 164 Å². The van der Waals surface area contributed by atoms with Gasteiger partial charge in [0.15, 0.2) is 0 Å². The molecule has 0 heterocycles. The zero-order valence-corrected chi connectivity index (χ0v) is 28.6. The SMILES string of the molecule is CC(C)c1ccc(N(c2ccc(C#N)cc2)c2ccc3cc4c(cc3c2)C2(c3ccccc3-c3ccccc32)c2c-4ccc3ccccc23)cc1. The third-order valence-electron chi connectivity index (χ3n) is 11.2. The van der Waals surface area contributed by atoms with Crippen LogP contribution in [0.1, 0.15) is 53.1 Å². The largest absolute Gasteiger partial charge is 0.310 e. The van der Waals surface area contributed by atoms with Gasteiger partial charge in [-0.05, 0) is 138 Å². The van der Waals surface area contributed by atoms with Crippen molar-refractivity contribution in [1.29, 1.82) is 5.26 Å². The average Bonchev–Trinajstić information content (AvgIpc) is 3.64. The number of anilines is 3. The first-order chi connectivity index (χ1) is 25.1. The highest BCUT2D eigenvalue weighted by Gasteiger charge is 2.52. The Kier molecular flexibility index (Phi) is 6.38. The molecule has 1 spiro atoms. The minimum absolute atomic E-state index is 0.442. The van der Waals surface area contributed by atoms with Gasteiger partial charge < -0.3 is 4.90 Å². The molecule has 240 valence electrons. The highest BCUT2D eigenvalue weighted by molar-refractivity contribution is 6.06. The lowest BCUT2D eigenvalue weighted by molar-refractivity contribution is 0.802. The molecule has 2 heteroatoms. The lowest BCUT2D eigenvalue weighted by atomic mass is 9.69. The summed E-state index contributed by atoms with van der Waals surface area (Å²) in [6, 6.07) is 62.4. The normalized spacial score (nSPS) is 13.2. The molecule has 2 aliphatic rings. The van der Waals surface area contributed by atoms with Gasteiger partial charge in [0, 0.05) is 17.1 Å². The average molecular weight is 651 g/mol. The van der Waals surface area contributed by atoms with Gasteiger partial charge in [-0.3, -0.25) is 0 Å². The number of benzene rings is 8. The fraction of sp³-hybridized carbons (Fsp3) is 0.0816. The summed E-state index contributed by atoms with van der Waals surface area (Å²) in [6.07, 6.45) is 0. The van der Waals surface area contributed by atoms with Crippen molar-refractivity contribution in [1.82, 2.24) is 0 Å². The molecule has 0 saturated carbocycles. The molecule has 8 aromatic carbocycles. The number of nitrogens with zero attached hydrogens (tertiary/aromatic N) is 2. The maximum Gasteiger partial charge on any atom is 0.0991 e. The van der Waals surface area contributed by atoms with Gasteiger partial charge in [0.1, 0.15) is 0 Å². The van der Waals surface area contributed by atoms with Crippen molar-refractivity contribution < 1.29 is 0 Å². The monoisotopic (exact) mass is 650 g/mol. The Morgan fingerprint density at radius 2 is 1.10 bits per heavy atom. The summed E-state index contributed by atoms with van der Waals surface area (Å²) in [4.78, 5) is 2.30. The van der Waals surface area contributed by atoms with Crippen LogP contribution in [0.4, 0.5) is 17.1 Å². The van der Waals surface area contributed by atoms with Crippen molar-refractivity contribution in [3.05, 3.63) is 197 Å². The van der Waals surface area contributed by atoms with Crippen LogP contribution in [0, 0.1) is 11.3 Å². The number of fused-ring (bicyclic) bond motifs is 13. The van der Waals surface area contributed by atoms with Crippen LogP contribution in [0.3, 0.4) is 0 Å². The zero-order valence-electron chi connectivity index (χ0n) is 28.6. The number of rotatable bonds is 4. The van der Waals surface area contributed by atoms with Gasteiger partial charge in [-0.1, -0.05) is 117 Å². The minimum Gasteiger partial charge on any atom is -0.310 e. The van der Waals surface area contributed by atoms with Crippen LogP contribution in [0.15, 0.2) is 164 Å². The Hall–Kier alpha value is -6.43. The van der Waals surface area contributed by atoms with Crippen LogP contribution in [0.2, 0.25) is 0 Å². The Morgan fingerprint density at radius 3 is 1.78 bits per heavy atom. The fourth-order valence-electron chi connectivity index (χ4n) is 8.93. The van der Waals surface area contributed by atoms with Crippen LogP contribution >= 0.6 is 0 Å². The molecule has 0 saturated heterocycles. The molecule has 0 amide bonds. The van der Waals surface area contributed by atoms with E-state index < -0.39 is 5.41 Å². The second-order valence-corrected chi connectivity index (χ2v) is 14.2. The highest BCUT2D eigenvalue weighted by atomic mass is 15.1. The van der Waals surface area contributed by atoms with Crippen LogP contribution < -0.4 is 4.90 Å². The molecular formula is C49H34N2. The van der Waals surface area contributed by atoms with Gasteiger partial charge in [0.05, 0.1) is 17.0 Å². The highest BCUT2D eigenvalue weighted by Crippen LogP contribution is 2.64. The van der Waals surface area contributed by atoms with E-state index in [0.29, 0.717) is 11.5 Å². The Morgan fingerprint density at radius 1 is 0.490 bits per heavy atom. The molecule has 51 heavy (non-hydrogen) atoms. The van der Waals surface area contributed by atoms with E-state index in [4.69, 9.17) is 0 Å². The molecule has 0 fully saturated rings. The first kappa shape index (κ1) is 29.5. The minimum atomic E-state index is -0.442. The van der Waals surface area contributed by atoms with Crippen molar-refractivity contribution >= 4 is 38.6 Å². The van der Waals surface area contributed by atoms with Gasteiger partial charge in [0.2, 0.25) is 0 Å². The summed E-state index contributed by atoms with van der Waals surface area (Å²) in [7, 11) is 0. The van der Waals surface area contributed by atoms with Gasteiger partial charge in [-0.2, -0.15) is 5.26 Å². The maximum absolute atomic E-state index is 9.55. The summed E-state index contributed by atoms with van der Waals surface area (Å²) in [5.74, 6) is 0.449. The Bertz CT molecular complexity index is 2680. The standard InChI is InChI=1S/C49H34N2/c1-31(2)33-17-23-38(24-18-33)51(37-21-15-32(30-50)16-22-37)39-25-19-35-28-44-43-26-20-34-9-3-4-10-40(34)48(43)49(47(44)29-36(35)27-39)45-13-7-5-11-41(45)42-12-6-8-14-46(42)49/h3-29,31H,1-2H3. The van der Waals surface area contributed by atoms with Crippen LogP contribution in [-0.2, 0) is 5.41 Å². The number of hydrogen-bond donors (Lipinski definition) is 0. The lowest BCUT2D eigenvalue weighted by Crippen LogP contribution is -2.26. The molecule has 0 N–H and O–H groups in total. The van der Waals surface area contributed by atoms with Crippen LogP contribution in [-0.4, -0.2) is 0 Å². The molecule has 0 radical (unpaired) electrons. The van der Waals surface area contributed by atoms with Gasteiger partial charge in [0.25, 0.3) is 0 Å². The maximum atomic E-state index is 9.55. The van der Waals surface area contributed by atoms with Crippen molar-refractivity contribution in [2.45, 2.75) is 25.2 Å². The third kappa shape index (κ3) is 4.16. The molecule has 0 aliphatic heterocycles. The first-order valence-electron chi connectivity index (χ1n) is 17.8. The molecule has 10 rings (SSSR count). The quantitative estimate of drug-likeness (QED) is 0.189. The number of nitriles is 1. The van der Waals surface area contributed by atoms with E-state index >= 15 is 0 Å². The summed E-state index contributed by atoms with van der Waals surface area (Å²) in [5.41, 5.74) is 15.3. The summed E-state index contributed by atoms with van der Waals surface area (Å²) in [5, 5.41) is 14.5. The van der Waals surface area contributed by atoms with E-state index in [1.165, 1.54) is 71.6 Å². The van der Waals surface area contributed by atoms with E-state index in [-0.39, 0.29) is 0 Å². The molecule has 0 bridgehead atoms. The number of hydrogen-bond acceptors (Lipinski definition) is 2. The van der Waals surface area contributed by atoms with Crippen molar-refractivity contribution in [3.8, 4) is 28.3 Å². The van der Waals surface area contributed by atoms with Gasteiger partial charge >= 0.3 is 0 Å². The van der Waals surface area contributed by atoms with Crippen molar-refractivity contribution in [2.75, 3.05) is 4.90 Å². The van der Waals surface area contributed by atoms with Crippen molar-refractivity contribution in [2.24, 2.45) is 0 Å². The second-order valence-electron chi connectivity index (χ2n) is 14.2. The molecule has 2 aliphatic carbocycles. The molecule has 8 aromatic rings. The topological polar surface area (TPSA) is 27.0 Å². The van der Waals surface area contributed by atoms with E-state index in [1.807, 2.05) is 24.3 Å². The summed E-state index contributed by atoms with van der Waals surface area (Å²) >= 11 is 0. The molecule has 0 atom stereocenters. The molecule has 0 aromatic heterocycles. The van der Waals surface area contributed by atoms with E-state index in [0.717, 1.165) is 17.1 Å². The van der Waals surface area contributed by atoms with E-state index in [1.54, 1.807) is 0 Å². The van der Waals surface area contributed by atoms with E-state index in [9.17, 15) is 5.26 Å². The molecule has 0 unspecified atom stereocenters. The third-order valence-corrected chi connectivity index (χ3v) is 11.2. The lowest BCUT2D eigenvalue weighted by Gasteiger charge is -2.31. The predicted octanol–water partition coefficient (Wildman–Crippen LogP) is 12.8. The van der Waals surface area contributed by atoms with Gasteiger partial charge in [-0.25, -0.2) is 0 Å². The van der Waals surface area contributed by atoms with Crippen LogP contribution in [0.25, 0.3) is 43.8 Å². The Balaban J connectivity index is 1.25. The van der Waals surface area contributed by atoms with Crippen LogP contribution in [0.5, 0.6) is 0 Å². The fourth-order valence-corrected chi connectivity index (χ4v) is 8.93. The molecular weight excluding hydrogens is 617 g/mol.